The van der Waals surface area contributed by atoms with E-state index in [0.29, 0.717) is 25.1 Å². The molecule has 1 amide bonds. The number of aryl methyl sites for hydroxylation is 2. The molecular weight excluding hydrogens is 388 g/mol. The minimum atomic E-state index is -0.702. The second kappa shape index (κ2) is 9.29. The van der Waals surface area contributed by atoms with Crippen LogP contribution in [0.15, 0.2) is 44.8 Å². The number of furan rings is 1. The number of amides is 1. The molecule has 3 aromatic heterocycles. The van der Waals surface area contributed by atoms with E-state index in [4.69, 9.17) is 10.2 Å². The molecule has 0 saturated carbocycles. The number of H-pyrrole nitrogens is 1. The third-order valence-electron chi connectivity index (χ3n) is 4.80. The second-order valence-corrected chi connectivity index (χ2v) is 7.08. The molecule has 3 aromatic rings. The molecule has 0 unspecified atom stereocenters. The molecule has 10 nitrogen and oxygen atoms in total. The molecule has 0 radical (unpaired) electrons. The van der Waals surface area contributed by atoms with Crippen LogP contribution < -0.4 is 21.9 Å². The van der Waals surface area contributed by atoms with E-state index in [-0.39, 0.29) is 30.4 Å². The fourth-order valence-electron chi connectivity index (χ4n) is 3.21. The summed E-state index contributed by atoms with van der Waals surface area (Å²) in [5.41, 5.74) is 5.78. The normalized spacial score (nSPS) is 11.0. The first kappa shape index (κ1) is 21.2. The molecule has 3 rings (SSSR count). The van der Waals surface area contributed by atoms with Gasteiger partial charge >= 0.3 is 5.69 Å². The highest BCUT2D eigenvalue weighted by molar-refractivity contribution is 5.95. The lowest BCUT2D eigenvalue weighted by molar-refractivity contribution is -0.118. The van der Waals surface area contributed by atoms with Crippen molar-refractivity contribution in [1.29, 1.82) is 0 Å². The van der Waals surface area contributed by atoms with Gasteiger partial charge in [0.05, 0.1) is 19.0 Å². The summed E-state index contributed by atoms with van der Waals surface area (Å²) in [5.74, 6) is 0.154. The predicted octanol–water partition coefficient (Wildman–Crippen LogP) is 1.41. The lowest BCUT2D eigenvalue weighted by Gasteiger charge is -2.23. The van der Waals surface area contributed by atoms with Gasteiger partial charge in [-0.15, -0.1) is 0 Å². The van der Waals surface area contributed by atoms with E-state index in [1.807, 2.05) is 13.1 Å². The molecule has 0 aliphatic carbocycles. The number of nitrogens with two attached hydrogens (primary N) is 1. The monoisotopic (exact) mass is 414 g/mol. The number of hydrogen-bond donors (Lipinski definition) is 2. The van der Waals surface area contributed by atoms with Gasteiger partial charge in [-0.1, -0.05) is 13.3 Å². The van der Waals surface area contributed by atoms with Crippen LogP contribution >= 0.6 is 0 Å². The topological polar surface area (TPSA) is 132 Å². The first-order chi connectivity index (χ1) is 14.4. The molecule has 0 spiro atoms. The molecule has 0 aromatic carbocycles. The summed E-state index contributed by atoms with van der Waals surface area (Å²) in [5, 5.41) is 4.10. The molecule has 0 atom stereocenters. The van der Waals surface area contributed by atoms with Crippen molar-refractivity contribution in [2.75, 3.05) is 10.6 Å². The Morgan fingerprint density at radius 2 is 2.17 bits per heavy atom. The van der Waals surface area contributed by atoms with Gasteiger partial charge in [0, 0.05) is 26.2 Å². The maximum atomic E-state index is 13.1. The number of carbonyl (C=O) groups excluding carboxylic acids is 1. The number of hydrogen-bond acceptors (Lipinski definition) is 6. The molecule has 0 saturated heterocycles. The highest BCUT2D eigenvalue weighted by Gasteiger charge is 2.25. The Morgan fingerprint density at radius 3 is 2.80 bits per heavy atom. The van der Waals surface area contributed by atoms with Crippen LogP contribution in [0.25, 0.3) is 0 Å². The second-order valence-electron chi connectivity index (χ2n) is 7.08. The summed E-state index contributed by atoms with van der Waals surface area (Å²) >= 11 is 0. The quantitative estimate of drug-likeness (QED) is 0.544. The Hall–Kier alpha value is -3.56. The molecule has 30 heavy (non-hydrogen) atoms. The van der Waals surface area contributed by atoms with Gasteiger partial charge in [-0.05, 0) is 30.5 Å². The Balaban J connectivity index is 1.96. The van der Waals surface area contributed by atoms with Crippen LogP contribution in [0.2, 0.25) is 0 Å². The summed E-state index contributed by atoms with van der Waals surface area (Å²) in [6, 6.07) is 3.41. The van der Waals surface area contributed by atoms with E-state index < -0.39 is 11.2 Å². The number of nitrogens with zero attached hydrogens (tertiary/aromatic N) is 4. The standard InChI is InChI=1S/C20H26N6O4/c1-3-4-9-25-18(21)17(19(28)23-20(25)29)26(13-15-6-5-10-30-15)16(27)8-7-14-11-22-24(2)12-14/h5-6,10-12H,3-4,7-9,13,21H2,1-2H3,(H,23,28,29). The van der Waals surface area contributed by atoms with E-state index in [9.17, 15) is 14.4 Å². The average Bonchev–Trinajstić information content (AvgIpc) is 3.36. The van der Waals surface area contributed by atoms with Crippen molar-refractivity contribution < 1.29 is 9.21 Å². The molecular formula is C20H26N6O4. The lowest BCUT2D eigenvalue weighted by atomic mass is 10.1. The SMILES string of the molecule is CCCCn1c(N)c(N(Cc2ccco2)C(=O)CCc2cnn(C)c2)c(=O)[nH]c1=O. The van der Waals surface area contributed by atoms with Crippen molar-refractivity contribution in [3.8, 4) is 0 Å². The van der Waals surface area contributed by atoms with Crippen LogP contribution in [0.3, 0.4) is 0 Å². The predicted molar refractivity (Wildman–Crippen MR) is 112 cm³/mol. The molecule has 0 bridgehead atoms. The number of nitrogens with one attached hydrogen (secondary N) is 1. The maximum absolute atomic E-state index is 13.1. The van der Waals surface area contributed by atoms with Gasteiger partial charge in [0.15, 0.2) is 5.69 Å². The van der Waals surface area contributed by atoms with E-state index in [1.54, 1.807) is 30.1 Å². The van der Waals surface area contributed by atoms with Crippen molar-refractivity contribution in [3.05, 3.63) is 63.0 Å². The van der Waals surface area contributed by atoms with Gasteiger partial charge < -0.3 is 10.2 Å². The molecule has 3 N–H and O–H groups in total. The fourth-order valence-corrected chi connectivity index (χ4v) is 3.21. The molecule has 0 fully saturated rings. The molecule has 160 valence electrons. The summed E-state index contributed by atoms with van der Waals surface area (Å²) < 4.78 is 8.33. The van der Waals surface area contributed by atoms with Crippen molar-refractivity contribution in [2.45, 2.75) is 45.7 Å². The van der Waals surface area contributed by atoms with E-state index in [1.165, 1.54) is 15.7 Å². The summed E-state index contributed by atoms with van der Waals surface area (Å²) in [7, 11) is 1.80. The van der Waals surface area contributed by atoms with Crippen LogP contribution in [0, 0.1) is 0 Å². The number of rotatable bonds is 9. The molecule has 10 heteroatoms. The molecule has 0 aliphatic heterocycles. The fraction of sp³-hybridized carbons (Fsp3) is 0.400. The third kappa shape index (κ3) is 4.70. The van der Waals surface area contributed by atoms with Crippen molar-refractivity contribution in [3.63, 3.8) is 0 Å². The number of nitrogen functional groups attached to an aromatic ring is 1. The van der Waals surface area contributed by atoms with Crippen LogP contribution in [-0.4, -0.2) is 25.2 Å². The summed E-state index contributed by atoms with van der Waals surface area (Å²) in [4.78, 5) is 41.6. The van der Waals surface area contributed by atoms with Crippen LogP contribution in [0.5, 0.6) is 0 Å². The van der Waals surface area contributed by atoms with Gasteiger partial charge in [-0.25, -0.2) is 4.79 Å². The Bertz CT molecular complexity index is 1110. The zero-order valence-electron chi connectivity index (χ0n) is 17.1. The highest BCUT2D eigenvalue weighted by atomic mass is 16.3. The van der Waals surface area contributed by atoms with Gasteiger partial charge in [0.1, 0.15) is 11.6 Å². The van der Waals surface area contributed by atoms with Gasteiger partial charge in [-0.2, -0.15) is 5.10 Å². The lowest BCUT2D eigenvalue weighted by Crippen LogP contribution is -2.41. The highest BCUT2D eigenvalue weighted by Crippen LogP contribution is 2.21. The first-order valence-corrected chi connectivity index (χ1v) is 9.83. The molecule has 3 heterocycles. The number of carbonyl (C=O) groups is 1. The summed E-state index contributed by atoms with van der Waals surface area (Å²) in [6.45, 7) is 2.36. The summed E-state index contributed by atoms with van der Waals surface area (Å²) in [6.07, 6.45) is 7.16. The number of unbranched alkanes of at least 4 members (excludes halogenated alkanes) is 1. The van der Waals surface area contributed by atoms with Crippen LogP contribution in [0.4, 0.5) is 11.5 Å². The number of aromatic nitrogens is 4. The van der Waals surface area contributed by atoms with Crippen LogP contribution in [0.1, 0.15) is 37.5 Å². The third-order valence-corrected chi connectivity index (χ3v) is 4.80. The molecule has 0 aliphatic rings. The van der Waals surface area contributed by atoms with Crippen molar-refractivity contribution in [1.82, 2.24) is 19.3 Å². The van der Waals surface area contributed by atoms with Gasteiger partial charge in [0.25, 0.3) is 5.56 Å². The van der Waals surface area contributed by atoms with Crippen molar-refractivity contribution in [2.24, 2.45) is 7.05 Å². The number of aromatic amines is 1. The van der Waals surface area contributed by atoms with Gasteiger partial charge in [0.2, 0.25) is 5.91 Å². The van der Waals surface area contributed by atoms with Crippen molar-refractivity contribution >= 4 is 17.4 Å². The Kier molecular flexibility index (Phi) is 6.55. The van der Waals surface area contributed by atoms with E-state index in [2.05, 4.69) is 10.1 Å². The Morgan fingerprint density at radius 1 is 1.37 bits per heavy atom. The largest absolute Gasteiger partial charge is 0.467 e. The smallest absolute Gasteiger partial charge is 0.330 e. The first-order valence-electron chi connectivity index (χ1n) is 9.83. The van der Waals surface area contributed by atoms with Crippen LogP contribution in [-0.2, 0) is 31.4 Å². The van der Waals surface area contributed by atoms with Gasteiger partial charge in [-0.3, -0.25) is 28.7 Å². The van der Waals surface area contributed by atoms with E-state index in [0.717, 1.165) is 12.0 Å². The zero-order chi connectivity index (χ0) is 21.7. The van der Waals surface area contributed by atoms with E-state index >= 15 is 0 Å². The number of anilines is 2. The minimum absolute atomic E-state index is 0.0259. The minimum Gasteiger partial charge on any atom is -0.467 e. The maximum Gasteiger partial charge on any atom is 0.330 e. The zero-order valence-corrected chi connectivity index (χ0v) is 17.1. The Labute approximate surface area is 172 Å². The average molecular weight is 414 g/mol.